The first kappa shape index (κ1) is 20.2. The van der Waals surface area contributed by atoms with Crippen LogP contribution in [0.2, 0.25) is 10.0 Å². The molecule has 0 aliphatic rings. The number of amides is 1. The second-order valence-electron chi connectivity index (χ2n) is 5.32. The van der Waals surface area contributed by atoms with E-state index in [9.17, 15) is 18.0 Å². The van der Waals surface area contributed by atoms with Crippen molar-refractivity contribution >= 4 is 50.7 Å². The molecule has 1 N–H and O–H groups in total. The fourth-order valence-electron chi connectivity index (χ4n) is 1.88. The number of esters is 1. The summed E-state index contributed by atoms with van der Waals surface area (Å²) in [6, 6.07) is 5.33. The van der Waals surface area contributed by atoms with E-state index in [1.807, 2.05) is 0 Å². The van der Waals surface area contributed by atoms with Gasteiger partial charge in [0.15, 0.2) is 22.3 Å². The summed E-state index contributed by atoms with van der Waals surface area (Å²) < 4.78 is 27.9. The van der Waals surface area contributed by atoms with E-state index in [0.717, 1.165) is 6.26 Å². The molecule has 0 radical (unpaired) electrons. The van der Waals surface area contributed by atoms with Gasteiger partial charge in [-0.25, -0.2) is 18.2 Å². The zero-order chi connectivity index (χ0) is 19.5. The lowest BCUT2D eigenvalue weighted by Gasteiger charge is -2.09. The van der Waals surface area contributed by atoms with Gasteiger partial charge in [-0.05, 0) is 30.7 Å². The van der Waals surface area contributed by atoms with Gasteiger partial charge in [-0.15, -0.1) is 0 Å². The summed E-state index contributed by atoms with van der Waals surface area (Å²) in [6.07, 6.45) is 2.36. The molecule has 0 aliphatic carbocycles. The Morgan fingerprint density at radius 3 is 2.62 bits per heavy atom. The molecule has 0 bridgehead atoms. The highest BCUT2D eigenvalue weighted by molar-refractivity contribution is 7.90. The number of hydrogen-bond acceptors (Lipinski definition) is 6. The third-order valence-corrected chi connectivity index (χ3v) is 5.25. The predicted octanol–water partition coefficient (Wildman–Crippen LogP) is 2.90. The van der Waals surface area contributed by atoms with Crippen molar-refractivity contribution in [2.45, 2.75) is 11.8 Å². The number of carbonyl (C=O) groups excluding carboxylic acids is 2. The van der Waals surface area contributed by atoms with E-state index in [-0.39, 0.29) is 21.3 Å². The number of sulfone groups is 1. The summed E-state index contributed by atoms with van der Waals surface area (Å²) in [7, 11) is -3.46. The van der Waals surface area contributed by atoms with E-state index in [2.05, 4.69) is 10.3 Å². The van der Waals surface area contributed by atoms with Crippen molar-refractivity contribution in [2.24, 2.45) is 0 Å². The number of pyridine rings is 1. The van der Waals surface area contributed by atoms with Gasteiger partial charge < -0.3 is 10.1 Å². The number of carbonyl (C=O) groups is 2. The third-order valence-electron chi connectivity index (χ3n) is 3.29. The van der Waals surface area contributed by atoms with E-state index >= 15 is 0 Å². The Labute approximate surface area is 160 Å². The SMILES string of the molecule is Cc1c(Cl)cnc(NC(=O)COC(=O)c2cccc(S(C)(=O)=O)c2)c1Cl. The van der Waals surface area contributed by atoms with Gasteiger partial charge in [0.25, 0.3) is 5.91 Å². The first-order chi connectivity index (χ1) is 12.1. The minimum atomic E-state index is -3.46. The van der Waals surface area contributed by atoms with Gasteiger partial charge in [0, 0.05) is 12.5 Å². The lowest BCUT2D eigenvalue weighted by Crippen LogP contribution is -2.22. The van der Waals surface area contributed by atoms with Crippen LogP contribution in [0.1, 0.15) is 15.9 Å². The van der Waals surface area contributed by atoms with Crippen LogP contribution in [-0.2, 0) is 19.4 Å². The summed E-state index contributed by atoms with van der Waals surface area (Å²) in [5, 5.41) is 2.94. The molecule has 1 aromatic heterocycles. The topological polar surface area (TPSA) is 102 Å². The number of benzene rings is 1. The van der Waals surface area contributed by atoms with E-state index in [0.29, 0.717) is 10.6 Å². The molecule has 0 atom stereocenters. The van der Waals surface area contributed by atoms with Crippen molar-refractivity contribution in [3.05, 3.63) is 51.6 Å². The van der Waals surface area contributed by atoms with Crippen molar-refractivity contribution in [3.63, 3.8) is 0 Å². The summed E-state index contributed by atoms with van der Waals surface area (Å²) in [4.78, 5) is 27.8. The Morgan fingerprint density at radius 1 is 1.27 bits per heavy atom. The summed E-state index contributed by atoms with van der Waals surface area (Å²) in [6.45, 7) is 1.07. The van der Waals surface area contributed by atoms with Gasteiger partial charge in [-0.2, -0.15) is 0 Å². The molecular formula is C16H14Cl2N2O5S. The molecule has 0 fully saturated rings. The van der Waals surface area contributed by atoms with Crippen molar-refractivity contribution < 1.29 is 22.7 Å². The molecule has 1 heterocycles. The fraction of sp³-hybridized carbons (Fsp3) is 0.188. The molecule has 1 amide bonds. The van der Waals surface area contributed by atoms with Crippen molar-refractivity contribution in [1.29, 1.82) is 0 Å². The maximum absolute atomic E-state index is 12.0. The molecule has 0 saturated heterocycles. The second kappa shape index (κ2) is 8.03. The van der Waals surface area contributed by atoms with Gasteiger partial charge in [-0.3, -0.25) is 4.79 Å². The van der Waals surface area contributed by atoms with Crippen LogP contribution in [0.4, 0.5) is 5.82 Å². The van der Waals surface area contributed by atoms with Crippen LogP contribution in [0.5, 0.6) is 0 Å². The van der Waals surface area contributed by atoms with Gasteiger partial charge in [0.2, 0.25) is 0 Å². The molecule has 0 saturated carbocycles. The number of nitrogens with one attached hydrogen (secondary N) is 1. The number of hydrogen-bond donors (Lipinski definition) is 1. The minimum Gasteiger partial charge on any atom is -0.452 e. The van der Waals surface area contributed by atoms with E-state index in [1.165, 1.54) is 30.5 Å². The average Bonchev–Trinajstić information content (AvgIpc) is 2.59. The third kappa shape index (κ3) is 4.94. The first-order valence-electron chi connectivity index (χ1n) is 7.17. The number of nitrogens with zero attached hydrogens (tertiary/aromatic N) is 1. The number of rotatable bonds is 5. The van der Waals surface area contributed by atoms with Crippen molar-refractivity contribution in [3.8, 4) is 0 Å². The Bertz CT molecular complexity index is 977. The summed E-state index contributed by atoms with van der Waals surface area (Å²) in [5.41, 5.74) is 0.562. The van der Waals surface area contributed by atoms with Gasteiger partial charge in [0.05, 0.1) is 20.5 Å². The lowest BCUT2D eigenvalue weighted by atomic mass is 10.2. The van der Waals surface area contributed by atoms with E-state index < -0.39 is 28.3 Å². The Hall–Kier alpha value is -2.16. The molecule has 0 unspecified atom stereocenters. The Balaban J connectivity index is 2.02. The zero-order valence-corrected chi connectivity index (χ0v) is 16.1. The summed E-state index contributed by atoms with van der Waals surface area (Å²) >= 11 is 11.9. The van der Waals surface area contributed by atoms with Crippen LogP contribution >= 0.6 is 23.2 Å². The molecule has 0 spiro atoms. The van der Waals surface area contributed by atoms with Crippen LogP contribution in [0.15, 0.2) is 35.4 Å². The van der Waals surface area contributed by atoms with Crippen LogP contribution in [0.25, 0.3) is 0 Å². The zero-order valence-electron chi connectivity index (χ0n) is 13.7. The predicted molar refractivity (Wildman–Crippen MR) is 97.5 cm³/mol. The molecule has 138 valence electrons. The van der Waals surface area contributed by atoms with Crippen LogP contribution in [-0.4, -0.2) is 38.1 Å². The number of aromatic nitrogens is 1. The van der Waals surface area contributed by atoms with Crippen LogP contribution in [0.3, 0.4) is 0 Å². The quantitative estimate of drug-likeness (QED) is 0.751. The van der Waals surface area contributed by atoms with Gasteiger partial charge >= 0.3 is 5.97 Å². The monoisotopic (exact) mass is 416 g/mol. The van der Waals surface area contributed by atoms with Crippen molar-refractivity contribution in [2.75, 3.05) is 18.2 Å². The highest BCUT2D eigenvalue weighted by atomic mass is 35.5. The normalized spacial score (nSPS) is 11.1. The standard InChI is InChI=1S/C16H14Cl2N2O5S/c1-9-12(17)7-19-15(14(9)18)20-13(21)8-25-16(22)10-4-3-5-11(6-10)26(2,23)24/h3-7H,8H2,1-2H3,(H,19,20,21). The van der Waals surface area contributed by atoms with Crippen molar-refractivity contribution in [1.82, 2.24) is 4.98 Å². The smallest absolute Gasteiger partial charge is 0.338 e. The minimum absolute atomic E-state index is 0.0132. The molecule has 2 rings (SSSR count). The second-order valence-corrected chi connectivity index (χ2v) is 8.12. The molecule has 1 aromatic carbocycles. The number of ether oxygens (including phenoxy) is 1. The highest BCUT2D eigenvalue weighted by Gasteiger charge is 2.16. The number of halogens is 2. The van der Waals surface area contributed by atoms with Crippen LogP contribution < -0.4 is 5.32 Å². The lowest BCUT2D eigenvalue weighted by molar-refractivity contribution is -0.119. The fourth-order valence-corrected chi connectivity index (χ4v) is 2.94. The molecule has 7 nitrogen and oxygen atoms in total. The largest absolute Gasteiger partial charge is 0.452 e. The average molecular weight is 417 g/mol. The molecule has 2 aromatic rings. The first-order valence-corrected chi connectivity index (χ1v) is 9.82. The van der Waals surface area contributed by atoms with E-state index in [1.54, 1.807) is 6.92 Å². The molecule has 10 heteroatoms. The van der Waals surface area contributed by atoms with Gasteiger partial charge in [-0.1, -0.05) is 29.3 Å². The molecule has 0 aliphatic heterocycles. The van der Waals surface area contributed by atoms with E-state index in [4.69, 9.17) is 27.9 Å². The molecule has 26 heavy (non-hydrogen) atoms. The van der Waals surface area contributed by atoms with Gasteiger partial charge in [0.1, 0.15) is 0 Å². The maximum Gasteiger partial charge on any atom is 0.338 e. The Morgan fingerprint density at radius 2 is 1.96 bits per heavy atom. The number of anilines is 1. The maximum atomic E-state index is 12.0. The summed E-state index contributed by atoms with van der Waals surface area (Å²) in [5.74, 6) is -1.40. The molecular weight excluding hydrogens is 403 g/mol. The Kier molecular flexibility index (Phi) is 6.22. The highest BCUT2D eigenvalue weighted by Crippen LogP contribution is 2.28. The van der Waals surface area contributed by atoms with Crippen LogP contribution in [0, 0.1) is 6.92 Å².